The number of nitrogens with one attached hydrogen (secondary N) is 1. The zero-order valence-electron chi connectivity index (χ0n) is 15.7. The monoisotopic (exact) mass is 373 g/mol. The highest BCUT2D eigenvalue weighted by Gasteiger charge is 2.18. The molecule has 2 bridgehead atoms. The summed E-state index contributed by atoms with van der Waals surface area (Å²) in [6, 6.07) is 0.228. The first-order valence-corrected chi connectivity index (χ1v) is 9.34. The van der Waals surface area contributed by atoms with Crippen LogP contribution in [0.1, 0.15) is 33.3 Å². The van der Waals surface area contributed by atoms with Crippen molar-refractivity contribution in [1.82, 2.24) is 19.7 Å². The number of hydrogen-bond acceptors (Lipinski definition) is 8. The Balaban J connectivity index is 0.00000225. The summed E-state index contributed by atoms with van der Waals surface area (Å²) in [5.74, 6) is 0.761. The lowest BCUT2D eigenvalue weighted by Gasteiger charge is -2.20. The number of aliphatic imine (C=N–C) groups is 1. The number of ether oxygens (including phenoxy) is 2. The van der Waals surface area contributed by atoms with Crippen molar-refractivity contribution in [3.8, 4) is 0 Å². The maximum Gasteiger partial charge on any atom is 0.229 e. The number of aryl methyl sites for hydroxylation is 2. The molecular formula is C18H27N7O2. The lowest BCUT2D eigenvalue weighted by Crippen LogP contribution is -2.24. The zero-order chi connectivity index (χ0) is 18.8. The van der Waals surface area contributed by atoms with Gasteiger partial charge >= 0.3 is 0 Å². The van der Waals surface area contributed by atoms with Gasteiger partial charge in [-0.1, -0.05) is 0 Å². The maximum absolute atomic E-state index is 6.22. The van der Waals surface area contributed by atoms with E-state index in [1.807, 2.05) is 18.5 Å². The first kappa shape index (κ1) is 17.7. The molecule has 0 saturated carbocycles. The van der Waals surface area contributed by atoms with Gasteiger partial charge in [0.05, 0.1) is 29.4 Å². The highest BCUT2D eigenvalue weighted by atomic mass is 16.5. The van der Waals surface area contributed by atoms with Gasteiger partial charge in [0.1, 0.15) is 5.70 Å². The van der Waals surface area contributed by atoms with Gasteiger partial charge < -0.3 is 20.5 Å². The second kappa shape index (κ2) is 7.51. The van der Waals surface area contributed by atoms with E-state index in [2.05, 4.69) is 20.4 Å². The van der Waals surface area contributed by atoms with Crippen LogP contribution in [0, 0.1) is 6.92 Å². The first-order valence-electron chi connectivity index (χ1n) is 9.34. The number of nitrogens with two attached hydrogens (primary N) is 1. The molecule has 2 aromatic rings. The normalized spacial score (nSPS) is 22.4. The van der Waals surface area contributed by atoms with Gasteiger partial charge in [-0.05, 0) is 26.7 Å². The van der Waals surface area contributed by atoms with Crippen molar-refractivity contribution in [2.24, 2.45) is 10.7 Å². The second-order valence-electron chi connectivity index (χ2n) is 6.86. The van der Waals surface area contributed by atoms with Crippen LogP contribution in [0.25, 0.3) is 11.0 Å². The summed E-state index contributed by atoms with van der Waals surface area (Å²) in [7, 11) is 0. The molecule has 4 heterocycles. The molecule has 0 aromatic carbocycles. The largest absolute Gasteiger partial charge is 0.478 e. The molecule has 1 fully saturated rings. The fourth-order valence-corrected chi connectivity index (χ4v) is 3.39. The molecule has 27 heavy (non-hydrogen) atoms. The van der Waals surface area contributed by atoms with E-state index in [0.29, 0.717) is 30.7 Å². The van der Waals surface area contributed by atoms with Crippen molar-refractivity contribution < 1.29 is 10.9 Å². The lowest BCUT2D eigenvalue weighted by molar-refractivity contribution is 0.0871. The van der Waals surface area contributed by atoms with Crippen LogP contribution in [0.4, 0.5) is 5.95 Å². The minimum absolute atomic E-state index is 0. The minimum atomic E-state index is 0. The van der Waals surface area contributed by atoms with Gasteiger partial charge in [0.15, 0.2) is 5.65 Å². The van der Waals surface area contributed by atoms with Crippen LogP contribution < -0.4 is 11.1 Å². The fourth-order valence-electron chi connectivity index (χ4n) is 3.39. The molecule has 0 spiro atoms. The van der Waals surface area contributed by atoms with Gasteiger partial charge in [-0.15, -0.1) is 0 Å². The van der Waals surface area contributed by atoms with Gasteiger partial charge in [0.2, 0.25) is 11.8 Å². The van der Waals surface area contributed by atoms with E-state index in [-0.39, 0.29) is 7.47 Å². The van der Waals surface area contributed by atoms with Crippen molar-refractivity contribution in [3.05, 3.63) is 23.5 Å². The van der Waals surface area contributed by atoms with Crippen LogP contribution in [-0.2, 0) is 16.0 Å². The summed E-state index contributed by atoms with van der Waals surface area (Å²) in [5.41, 5.74) is 9.35. The summed E-state index contributed by atoms with van der Waals surface area (Å²) in [5, 5.41) is 8.72. The number of allylic oxidation sites excluding steroid dienone is 1. The zero-order valence-corrected chi connectivity index (χ0v) is 15.7. The molecule has 2 aliphatic heterocycles. The second-order valence-corrected chi connectivity index (χ2v) is 6.86. The number of hydrogen-bond donors (Lipinski definition) is 2. The smallest absolute Gasteiger partial charge is 0.229 e. The van der Waals surface area contributed by atoms with E-state index < -0.39 is 0 Å². The Morgan fingerprint density at radius 1 is 1.37 bits per heavy atom. The number of fused-ring (bicyclic) bond motifs is 1. The predicted molar refractivity (Wildman–Crippen MR) is 105 cm³/mol. The third kappa shape index (κ3) is 3.73. The van der Waals surface area contributed by atoms with E-state index >= 15 is 0 Å². The highest BCUT2D eigenvalue weighted by molar-refractivity contribution is 6.01. The molecular weight excluding hydrogens is 346 g/mol. The van der Waals surface area contributed by atoms with E-state index in [4.69, 9.17) is 20.2 Å². The van der Waals surface area contributed by atoms with Crippen molar-refractivity contribution in [3.63, 3.8) is 0 Å². The molecule has 9 nitrogen and oxygen atoms in total. The number of nitrogens with zero attached hydrogens (tertiary/aromatic N) is 5. The molecule has 0 unspecified atom stereocenters. The van der Waals surface area contributed by atoms with Crippen LogP contribution in [-0.4, -0.2) is 51.3 Å². The maximum atomic E-state index is 6.22. The highest BCUT2D eigenvalue weighted by Crippen LogP contribution is 2.20. The molecule has 2 aromatic heterocycles. The summed E-state index contributed by atoms with van der Waals surface area (Å²) in [4.78, 5) is 13.9. The Labute approximate surface area is 159 Å². The molecule has 0 atom stereocenters. The van der Waals surface area contributed by atoms with Crippen molar-refractivity contribution >= 4 is 22.7 Å². The van der Waals surface area contributed by atoms with E-state index in [1.54, 1.807) is 6.20 Å². The molecule has 2 aliphatic rings. The van der Waals surface area contributed by atoms with Gasteiger partial charge in [0.25, 0.3) is 0 Å². The number of rotatable bonds is 2. The minimum Gasteiger partial charge on any atom is -0.478 e. The van der Waals surface area contributed by atoms with Crippen molar-refractivity contribution in [2.45, 2.75) is 45.7 Å². The molecule has 4 rings (SSSR count). The average molecular weight is 373 g/mol. The summed E-state index contributed by atoms with van der Waals surface area (Å²) < 4.78 is 13.1. The molecule has 9 heteroatoms. The Kier molecular flexibility index (Phi) is 4.93. The Morgan fingerprint density at radius 3 is 3.00 bits per heavy atom. The quantitative estimate of drug-likeness (QED) is 0.774. The number of anilines is 1. The van der Waals surface area contributed by atoms with Crippen LogP contribution >= 0.6 is 0 Å². The summed E-state index contributed by atoms with van der Waals surface area (Å²) in [6.45, 7) is 6.57. The van der Waals surface area contributed by atoms with Gasteiger partial charge in [-0.2, -0.15) is 10.1 Å². The van der Waals surface area contributed by atoms with Crippen LogP contribution in [0.5, 0.6) is 0 Å². The average Bonchev–Trinajstić information content (AvgIpc) is 2.98. The van der Waals surface area contributed by atoms with Crippen molar-refractivity contribution in [1.29, 1.82) is 0 Å². The molecule has 1 saturated heterocycles. The Morgan fingerprint density at radius 2 is 2.19 bits per heavy atom. The van der Waals surface area contributed by atoms with E-state index in [1.165, 1.54) is 0 Å². The molecule has 0 amide bonds. The Bertz CT molecular complexity index is 903. The predicted octanol–water partition coefficient (Wildman–Crippen LogP) is 1.98. The van der Waals surface area contributed by atoms with Gasteiger partial charge in [-0.3, -0.25) is 4.99 Å². The fraction of sp³-hybridized carbons (Fsp3) is 0.556. The third-order valence-corrected chi connectivity index (χ3v) is 4.86. The lowest BCUT2D eigenvalue weighted by atomic mass is 10.1. The van der Waals surface area contributed by atoms with Crippen LogP contribution in [0.2, 0.25) is 0 Å². The third-order valence-electron chi connectivity index (χ3n) is 4.86. The van der Waals surface area contributed by atoms with E-state index in [9.17, 15) is 0 Å². The Hall–Kier alpha value is -2.68. The van der Waals surface area contributed by atoms with Crippen LogP contribution in [0.15, 0.2) is 22.8 Å². The molecule has 0 radical (unpaired) electrons. The molecule has 3 N–H and O–H groups in total. The topological polar surface area (TPSA) is 112 Å². The first-order chi connectivity index (χ1) is 13.1. The summed E-state index contributed by atoms with van der Waals surface area (Å²) in [6.07, 6.45) is 4.39. The van der Waals surface area contributed by atoms with E-state index in [0.717, 1.165) is 54.9 Å². The summed E-state index contributed by atoms with van der Waals surface area (Å²) >= 11 is 0. The SMILES string of the molecule is CC(=NC1CCOCC1)/C1=C(\N)OCCCn2nc(C)c3cnc(nc32)N1.[HH]. The van der Waals surface area contributed by atoms with Crippen LogP contribution in [0.3, 0.4) is 0 Å². The van der Waals surface area contributed by atoms with Gasteiger partial charge in [-0.25, -0.2) is 9.67 Å². The molecule has 146 valence electrons. The standard InChI is InChI=1S/C18H25N7O2.H2/c1-11-14-10-20-18-22-15(12(2)21-13-4-8-26-9-5-13)16(19)27-7-3-6-25(24-11)17(14)23-18;/h10,13H,3-9,19H2,1-2H3,(H,20,22,23);1H/b16-15-,21-12?;. The molecule has 0 aliphatic carbocycles. The number of aromatic nitrogens is 4. The van der Waals surface area contributed by atoms with Crippen molar-refractivity contribution in [2.75, 3.05) is 25.1 Å². The van der Waals surface area contributed by atoms with Gasteiger partial charge in [0, 0.05) is 33.8 Å².